The quantitative estimate of drug-likeness (QED) is 0.669. The lowest BCUT2D eigenvalue weighted by atomic mass is 9.68. The zero-order chi connectivity index (χ0) is 18.8. The minimum absolute atomic E-state index is 0.0451. The summed E-state index contributed by atoms with van der Waals surface area (Å²) in [6, 6.07) is 18.7. The van der Waals surface area contributed by atoms with Crippen LogP contribution in [0.1, 0.15) is 5.56 Å². The van der Waals surface area contributed by atoms with E-state index in [1.54, 1.807) is 29.2 Å². The highest BCUT2D eigenvalue weighted by Crippen LogP contribution is 2.54. The number of fused-ring (bicyclic) bond motifs is 5. The molecule has 1 unspecified atom stereocenters. The van der Waals surface area contributed by atoms with E-state index in [2.05, 4.69) is 22.8 Å². The number of anilines is 3. The number of carbonyl (C=O) groups excluding carboxylic acids is 1. The first-order valence-electron chi connectivity index (χ1n) is 8.27. The summed E-state index contributed by atoms with van der Waals surface area (Å²) in [6.07, 6.45) is 0. The predicted octanol–water partition coefficient (Wildman–Crippen LogP) is 2.25. The Morgan fingerprint density at radius 2 is 1.59 bits per heavy atom. The normalized spacial score (nSPS) is 21.9. The molecule has 1 spiro atoms. The summed E-state index contributed by atoms with van der Waals surface area (Å²) in [5, 5.41) is 26.0. The molecular formula is C20H12N6O. The topological polar surface area (TPSA) is 118 Å². The molecule has 5 rings (SSSR count). The number of nitrogens with two attached hydrogens (primary N) is 1. The van der Waals surface area contributed by atoms with E-state index < -0.39 is 11.3 Å². The van der Waals surface area contributed by atoms with Crippen LogP contribution in [0.5, 0.6) is 0 Å². The van der Waals surface area contributed by atoms with Crippen molar-refractivity contribution >= 4 is 23.0 Å². The monoisotopic (exact) mass is 352 g/mol. The number of amides is 1. The van der Waals surface area contributed by atoms with Crippen molar-refractivity contribution in [3.63, 3.8) is 0 Å². The Morgan fingerprint density at radius 3 is 2.33 bits per heavy atom. The summed E-state index contributed by atoms with van der Waals surface area (Å²) >= 11 is 0. The first kappa shape index (κ1) is 15.1. The van der Waals surface area contributed by atoms with Crippen LogP contribution in [0.2, 0.25) is 0 Å². The molecule has 2 aromatic carbocycles. The van der Waals surface area contributed by atoms with Gasteiger partial charge in [-0.2, -0.15) is 10.5 Å². The highest BCUT2D eigenvalue weighted by atomic mass is 16.2. The molecular weight excluding hydrogens is 340 g/mol. The Labute approximate surface area is 154 Å². The van der Waals surface area contributed by atoms with Crippen LogP contribution >= 0.6 is 0 Å². The Hall–Kier alpha value is -4.23. The molecule has 1 atom stereocenters. The van der Waals surface area contributed by atoms with Gasteiger partial charge in [0.25, 0.3) is 0 Å². The molecule has 3 heterocycles. The lowest BCUT2D eigenvalue weighted by Gasteiger charge is -2.36. The smallest absolute Gasteiger partial charge is 0.245 e. The van der Waals surface area contributed by atoms with E-state index >= 15 is 0 Å². The number of benzene rings is 2. The second-order valence-corrected chi connectivity index (χ2v) is 6.43. The van der Waals surface area contributed by atoms with Gasteiger partial charge >= 0.3 is 0 Å². The minimum Gasteiger partial charge on any atom is -0.384 e. The van der Waals surface area contributed by atoms with E-state index in [9.17, 15) is 15.3 Å². The van der Waals surface area contributed by atoms with Crippen molar-refractivity contribution in [1.29, 1.82) is 10.5 Å². The molecule has 7 nitrogen and oxygen atoms in total. The Morgan fingerprint density at radius 1 is 0.926 bits per heavy atom. The summed E-state index contributed by atoms with van der Waals surface area (Å²) in [6.45, 7) is 0. The summed E-state index contributed by atoms with van der Waals surface area (Å²) in [5.41, 5.74) is 7.63. The average Bonchev–Trinajstić information content (AvgIpc) is 3.20. The van der Waals surface area contributed by atoms with Crippen molar-refractivity contribution in [1.82, 2.24) is 0 Å². The zero-order valence-corrected chi connectivity index (χ0v) is 13.9. The number of nitriles is 2. The number of para-hydroxylation sites is 3. The van der Waals surface area contributed by atoms with Crippen LogP contribution < -0.4 is 21.3 Å². The number of hydrogen-bond acceptors (Lipinski definition) is 6. The third-order valence-corrected chi connectivity index (χ3v) is 5.25. The van der Waals surface area contributed by atoms with E-state index in [0.29, 0.717) is 17.1 Å². The molecule has 27 heavy (non-hydrogen) atoms. The molecule has 0 fully saturated rings. The largest absolute Gasteiger partial charge is 0.384 e. The molecule has 0 aliphatic carbocycles. The van der Waals surface area contributed by atoms with Crippen LogP contribution in [0.3, 0.4) is 0 Å². The number of hydrogen-bond donors (Lipinski definition) is 3. The van der Waals surface area contributed by atoms with Crippen LogP contribution in [-0.4, -0.2) is 5.91 Å². The zero-order valence-electron chi connectivity index (χ0n) is 13.9. The molecule has 0 saturated heterocycles. The first-order chi connectivity index (χ1) is 13.1. The highest BCUT2D eigenvalue weighted by Gasteiger charge is 2.59. The van der Waals surface area contributed by atoms with Crippen molar-refractivity contribution in [2.24, 2.45) is 5.73 Å². The molecule has 4 N–H and O–H groups in total. The Kier molecular flexibility index (Phi) is 2.73. The van der Waals surface area contributed by atoms with Gasteiger partial charge in [0.15, 0.2) is 5.41 Å². The van der Waals surface area contributed by atoms with Crippen molar-refractivity contribution in [2.45, 2.75) is 5.41 Å². The fraction of sp³-hybridized carbons (Fsp3) is 0.0500. The van der Waals surface area contributed by atoms with Crippen molar-refractivity contribution in [3.8, 4) is 12.1 Å². The standard InChI is InChI=1S/C20H12N6O/c21-9-12-17(23)26-16-8-4-3-7-15(16)24-18(26)13(10-22)20(12)11-5-1-2-6-14(11)25-19(20)27/h1-8,24H,23H2,(H,25,27). The molecule has 0 saturated carbocycles. The molecule has 7 heteroatoms. The van der Waals surface area contributed by atoms with E-state index in [1.807, 2.05) is 24.3 Å². The van der Waals surface area contributed by atoms with Crippen LogP contribution in [0, 0.1) is 22.7 Å². The van der Waals surface area contributed by atoms with Gasteiger partial charge < -0.3 is 16.4 Å². The van der Waals surface area contributed by atoms with E-state index in [0.717, 1.165) is 11.4 Å². The SMILES string of the molecule is N#CC1=C(N)N2C(=C(C#N)C13C(=O)Nc1ccccc13)Nc1ccccc12. The maximum Gasteiger partial charge on any atom is 0.245 e. The molecule has 2 aromatic rings. The Bertz CT molecular complexity index is 1200. The third kappa shape index (κ3) is 1.56. The lowest BCUT2D eigenvalue weighted by Crippen LogP contribution is -2.47. The van der Waals surface area contributed by atoms with Gasteiger partial charge in [0.2, 0.25) is 5.91 Å². The molecule has 1 amide bonds. The van der Waals surface area contributed by atoms with Crippen LogP contribution in [0.4, 0.5) is 17.1 Å². The second kappa shape index (κ2) is 4.90. The van der Waals surface area contributed by atoms with Crippen molar-refractivity contribution in [3.05, 3.63) is 76.9 Å². The van der Waals surface area contributed by atoms with Crippen molar-refractivity contribution < 1.29 is 4.79 Å². The summed E-state index contributed by atoms with van der Waals surface area (Å²) in [5.74, 6) is 0.0857. The van der Waals surface area contributed by atoms with Gasteiger partial charge in [0.05, 0.1) is 22.5 Å². The van der Waals surface area contributed by atoms with E-state index in [1.165, 1.54) is 0 Å². The highest BCUT2D eigenvalue weighted by molar-refractivity contribution is 6.13. The summed E-state index contributed by atoms with van der Waals surface area (Å²) in [7, 11) is 0. The van der Waals surface area contributed by atoms with Gasteiger partial charge in [0.1, 0.15) is 23.8 Å². The van der Waals surface area contributed by atoms with Crippen LogP contribution in [-0.2, 0) is 10.2 Å². The van der Waals surface area contributed by atoms with Gasteiger partial charge in [-0.3, -0.25) is 9.69 Å². The van der Waals surface area contributed by atoms with Gasteiger partial charge in [-0.1, -0.05) is 30.3 Å². The number of carbonyl (C=O) groups is 1. The summed E-state index contributed by atoms with van der Waals surface area (Å²) in [4.78, 5) is 14.8. The van der Waals surface area contributed by atoms with Gasteiger partial charge in [-0.05, 0) is 18.2 Å². The first-order valence-corrected chi connectivity index (χ1v) is 8.27. The van der Waals surface area contributed by atoms with E-state index in [4.69, 9.17) is 5.73 Å². The number of nitrogens with zero attached hydrogens (tertiary/aromatic N) is 3. The maximum atomic E-state index is 13.2. The van der Waals surface area contributed by atoms with Gasteiger partial charge in [-0.25, -0.2) is 0 Å². The average molecular weight is 352 g/mol. The van der Waals surface area contributed by atoms with Crippen LogP contribution in [0.25, 0.3) is 0 Å². The van der Waals surface area contributed by atoms with Crippen molar-refractivity contribution in [2.75, 3.05) is 15.5 Å². The molecule has 0 radical (unpaired) electrons. The molecule has 128 valence electrons. The molecule has 0 bridgehead atoms. The number of rotatable bonds is 0. The minimum atomic E-state index is -1.56. The third-order valence-electron chi connectivity index (χ3n) is 5.25. The molecule has 3 aliphatic heterocycles. The Balaban J connectivity index is 1.91. The second-order valence-electron chi connectivity index (χ2n) is 6.43. The maximum absolute atomic E-state index is 13.2. The fourth-order valence-corrected chi connectivity index (χ4v) is 4.14. The summed E-state index contributed by atoms with van der Waals surface area (Å²) < 4.78 is 0. The van der Waals surface area contributed by atoms with Gasteiger partial charge in [0, 0.05) is 11.3 Å². The van der Waals surface area contributed by atoms with Gasteiger partial charge in [-0.15, -0.1) is 0 Å². The lowest BCUT2D eigenvalue weighted by molar-refractivity contribution is -0.118. The number of nitrogens with one attached hydrogen (secondary N) is 2. The molecule has 3 aliphatic rings. The van der Waals surface area contributed by atoms with Crippen LogP contribution in [0.15, 0.2) is 71.3 Å². The predicted molar refractivity (Wildman–Crippen MR) is 98.8 cm³/mol. The molecule has 0 aromatic heterocycles. The van der Waals surface area contributed by atoms with E-state index in [-0.39, 0.29) is 17.0 Å². The fourth-order valence-electron chi connectivity index (χ4n) is 4.14.